The first-order valence-electron chi connectivity index (χ1n) is 9.80. The van der Waals surface area contributed by atoms with Gasteiger partial charge in [0.05, 0.1) is 17.0 Å². The van der Waals surface area contributed by atoms with E-state index in [0.717, 1.165) is 42.7 Å². The summed E-state index contributed by atoms with van der Waals surface area (Å²) in [5.74, 6) is -0.340. The molecule has 0 unspecified atom stereocenters. The van der Waals surface area contributed by atoms with Gasteiger partial charge in [-0.2, -0.15) is 0 Å². The van der Waals surface area contributed by atoms with Gasteiger partial charge in [-0.1, -0.05) is 18.2 Å². The van der Waals surface area contributed by atoms with Crippen LogP contribution in [0.3, 0.4) is 0 Å². The first-order valence-corrected chi connectivity index (χ1v) is 9.80. The van der Waals surface area contributed by atoms with Crippen molar-refractivity contribution in [2.75, 3.05) is 18.0 Å². The zero-order chi connectivity index (χ0) is 18.8. The highest BCUT2D eigenvalue weighted by atomic mass is 16.4. The van der Waals surface area contributed by atoms with E-state index < -0.39 is 5.97 Å². The van der Waals surface area contributed by atoms with Crippen LogP contribution in [0.25, 0.3) is 10.9 Å². The summed E-state index contributed by atoms with van der Waals surface area (Å²) >= 11 is 0. The van der Waals surface area contributed by atoms with Crippen LogP contribution in [0.15, 0.2) is 30.3 Å². The predicted octanol–water partition coefficient (Wildman–Crippen LogP) is 3.21. The summed E-state index contributed by atoms with van der Waals surface area (Å²) in [7, 11) is 0. The SMILES string of the molecule is O=C(NC1CCC(C(=O)O)CC1)c1cc2ccccc2nc1N1CCCC1. The van der Waals surface area contributed by atoms with Crippen LogP contribution in [0.2, 0.25) is 0 Å². The standard InChI is InChI=1S/C21H25N3O3/c25-20(22-16-9-7-14(8-10-16)21(26)27)17-13-15-5-1-2-6-18(15)23-19(17)24-11-3-4-12-24/h1-2,5-6,13-14,16H,3-4,7-12H2,(H,22,25)(H,26,27). The first kappa shape index (κ1) is 17.8. The molecule has 1 aliphatic carbocycles. The van der Waals surface area contributed by atoms with Crippen molar-refractivity contribution >= 4 is 28.6 Å². The molecule has 1 aromatic heterocycles. The van der Waals surface area contributed by atoms with Gasteiger partial charge in [0.15, 0.2) is 0 Å². The minimum Gasteiger partial charge on any atom is -0.481 e. The Balaban J connectivity index is 1.57. The normalized spacial score (nSPS) is 22.7. The number of hydrogen-bond acceptors (Lipinski definition) is 4. The number of pyridine rings is 1. The Labute approximate surface area is 158 Å². The van der Waals surface area contributed by atoms with Gasteiger partial charge >= 0.3 is 5.97 Å². The Hall–Kier alpha value is -2.63. The Morgan fingerprint density at radius 3 is 2.48 bits per heavy atom. The fourth-order valence-electron chi connectivity index (χ4n) is 4.19. The Kier molecular flexibility index (Phi) is 4.97. The zero-order valence-corrected chi connectivity index (χ0v) is 15.4. The van der Waals surface area contributed by atoms with Crippen molar-refractivity contribution in [2.45, 2.75) is 44.6 Å². The van der Waals surface area contributed by atoms with E-state index in [-0.39, 0.29) is 17.9 Å². The first-order chi connectivity index (χ1) is 13.1. The quantitative estimate of drug-likeness (QED) is 0.867. The molecule has 2 aromatic rings. The maximum Gasteiger partial charge on any atom is 0.306 e. The summed E-state index contributed by atoms with van der Waals surface area (Å²) in [6, 6.07) is 9.84. The van der Waals surface area contributed by atoms with Gasteiger partial charge in [0.2, 0.25) is 0 Å². The molecule has 1 saturated carbocycles. The average molecular weight is 367 g/mol. The van der Waals surface area contributed by atoms with E-state index >= 15 is 0 Å². The number of carbonyl (C=O) groups is 2. The lowest BCUT2D eigenvalue weighted by atomic mass is 9.86. The molecule has 4 rings (SSSR count). The van der Waals surface area contributed by atoms with E-state index in [1.54, 1.807) is 0 Å². The molecule has 1 saturated heterocycles. The van der Waals surface area contributed by atoms with Crippen LogP contribution in [0.1, 0.15) is 48.9 Å². The number of carboxylic acid groups (broad SMARTS) is 1. The summed E-state index contributed by atoms with van der Waals surface area (Å²) in [6.45, 7) is 1.85. The second kappa shape index (κ2) is 7.55. The third-order valence-corrected chi connectivity index (χ3v) is 5.77. The van der Waals surface area contributed by atoms with Gasteiger partial charge in [0, 0.05) is 24.5 Å². The van der Waals surface area contributed by atoms with Crippen LogP contribution in [-0.4, -0.2) is 41.1 Å². The summed E-state index contributed by atoms with van der Waals surface area (Å²) in [6.07, 6.45) is 4.90. The Morgan fingerprint density at radius 2 is 1.78 bits per heavy atom. The fourth-order valence-corrected chi connectivity index (χ4v) is 4.19. The molecule has 1 amide bonds. The minimum absolute atomic E-state index is 0.0333. The molecule has 6 heteroatoms. The number of benzene rings is 1. The number of amides is 1. The highest BCUT2D eigenvalue weighted by Gasteiger charge is 2.28. The van der Waals surface area contributed by atoms with Crippen molar-refractivity contribution in [1.29, 1.82) is 0 Å². The average Bonchev–Trinajstić information content (AvgIpc) is 3.22. The highest BCUT2D eigenvalue weighted by molar-refractivity contribution is 6.02. The Bertz CT molecular complexity index is 853. The van der Waals surface area contributed by atoms with Crippen LogP contribution in [0.4, 0.5) is 5.82 Å². The number of aliphatic carboxylic acids is 1. The summed E-state index contributed by atoms with van der Waals surface area (Å²) in [5, 5.41) is 13.2. The van der Waals surface area contributed by atoms with Crippen LogP contribution in [0.5, 0.6) is 0 Å². The number of carbonyl (C=O) groups excluding carboxylic acids is 1. The maximum absolute atomic E-state index is 13.1. The number of nitrogens with zero attached hydrogens (tertiary/aromatic N) is 2. The second-order valence-electron chi connectivity index (χ2n) is 7.61. The van der Waals surface area contributed by atoms with Gasteiger partial charge in [0.1, 0.15) is 5.82 Å². The third kappa shape index (κ3) is 3.75. The van der Waals surface area contributed by atoms with Gasteiger partial charge in [-0.3, -0.25) is 9.59 Å². The van der Waals surface area contributed by atoms with E-state index in [2.05, 4.69) is 10.2 Å². The van der Waals surface area contributed by atoms with E-state index in [1.165, 1.54) is 0 Å². The maximum atomic E-state index is 13.1. The van der Waals surface area contributed by atoms with E-state index in [0.29, 0.717) is 31.2 Å². The number of anilines is 1. The van der Waals surface area contributed by atoms with Gasteiger partial charge in [0.25, 0.3) is 5.91 Å². The number of carboxylic acids is 1. The molecule has 1 aromatic carbocycles. The van der Waals surface area contributed by atoms with Gasteiger partial charge in [-0.05, 0) is 50.7 Å². The van der Waals surface area contributed by atoms with Crippen molar-refractivity contribution in [3.05, 3.63) is 35.9 Å². The van der Waals surface area contributed by atoms with Crippen molar-refractivity contribution in [3.63, 3.8) is 0 Å². The van der Waals surface area contributed by atoms with Crippen molar-refractivity contribution < 1.29 is 14.7 Å². The third-order valence-electron chi connectivity index (χ3n) is 5.77. The van der Waals surface area contributed by atoms with Gasteiger partial charge < -0.3 is 15.3 Å². The number of nitrogens with one attached hydrogen (secondary N) is 1. The number of aromatic nitrogens is 1. The van der Waals surface area contributed by atoms with Crippen molar-refractivity contribution in [3.8, 4) is 0 Å². The topological polar surface area (TPSA) is 82.5 Å². The van der Waals surface area contributed by atoms with E-state index in [9.17, 15) is 9.59 Å². The summed E-state index contributed by atoms with van der Waals surface area (Å²) < 4.78 is 0. The molecule has 2 N–H and O–H groups in total. The number of fused-ring (bicyclic) bond motifs is 1. The molecular formula is C21H25N3O3. The molecule has 0 bridgehead atoms. The highest BCUT2D eigenvalue weighted by Crippen LogP contribution is 2.28. The van der Waals surface area contributed by atoms with E-state index in [1.807, 2.05) is 30.3 Å². The lowest BCUT2D eigenvalue weighted by Crippen LogP contribution is -2.39. The number of rotatable bonds is 4. The number of hydrogen-bond donors (Lipinski definition) is 2. The molecule has 6 nitrogen and oxygen atoms in total. The van der Waals surface area contributed by atoms with E-state index in [4.69, 9.17) is 10.1 Å². The van der Waals surface area contributed by atoms with Crippen LogP contribution < -0.4 is 10.2 Å². The van der Waals surface area contributed by atoms with Crippen molar-refractivity contribution in [2.24, 2.45) is 5.92 Å². The molecule has 0 spiro atoms. The molecular weight excluding hydrogens is 342 g/mol. The molecule has 0 atom stereocenters. The van der Waals surface area contributed by atoms with Crippen molar-refractivity contribution in [1.82, 2.24) is 10.3 Å². The fraction of sp³-hybridized carbons (Fsp3) is 0.476. The molecule has 27 heavy (non-hydrogen) atoms. The Morgan fingerprint density at radius 1 is 1.07 bits per heavy atom. The molecule has 142 valence electrons. The molecule has 2 aliphatic rings. The van der Waals surface area contributed by atoms with Gasteiger partial charge in [-0.15, -0.1) is 0 Å². The van der Waals surface area contributed by atoms with Gasteiger partial charge in [-0.25, -0.2) is 4.98 Å². The summed E-state index contributed by atoms with van der Waals surface area (Å²) in [5.41, 5.74) is 1.52. The van der Waals surface area contributed by atoms with Crippen LogP contribution in [-0.2, 0) is 4.79 Å². The molecule has 2 heterocycles. The number of para-hydroxylation sites is 1. The van der Waals surface area contributed by atoms with Crippen LogP contribution in [0, 0.1) is 5.92 Å². The minimum atomic E-state index is -0.727. The molecule has 0 radical (unpaired) electrons. The zero-order valence-electron chi connectivity index (χ0n) is 15.4. The largest absolute Gasteiger partial charge is 0.481 e. The second-order valence-corrected chi connectivity index (χ2v) is 7.61. The smallest absolute Gasteiger partial charge is 0.306 e. The summed E-state index contributed by atoms with van der Waals surface area (Å²) in [4.78, 5) is 31.2. The lowest BCUT2D eigenvalue weighted by molar-refractivity contribution is -0.142. The predicted molar refractivity (Wildman–Crippen MR) is 104 cm³/mol. The molecule has 2 fully saturated rings. The lowest BCUT2D eigenvalue weighted by Gasteiger charge is -2.27. The van der Waals surface area contributed by atoms with Crippen LogP contribution >= 0.6 is 0 Å². The monoisotopic (exact) mass is 367 g/mol. The molecule has 1 aliphatic heterocycles.